The van der Waals surface area contributed by atoms with Crippen molar-refractivity contribution >= 4 is 0 Å². The number of hydrogen-bond acceptors (Lipinski definition) is 5. The van der Waals surface area contributed by atoms with E-state index in [-0.39, 0.29) is 47.5 Å². The van der Waals surface area contributed by atoms with Crippen LogP contribution in [0.5, 0.6) is 0 Å². The van der Waals surface area contributed by atoms with Crippen molar-refractivity contribution in [2.75, 3.05) is 19.8 Å². The van der Waals surface area contributed by atoms with Crippen molar-refractivity contribution in [3.05, 3.63) is 17.1 Å². The van der Waals surface area contributed by atoms with E-state index < -0.39 is 5.41 Å². The summed E-state index contributed by atoms with van der Waals surface area (Å²) in [7, 11) is 0. The number of nitroso groups, excluding NO2 is 1. The largest absolute Gasteiger partial charge is 0.396 e. The molecule has 2 unspecified atom stereocenters. The zero-order chi connectivity index (χ0) is 25.4. The molecule has 0 aromatic heterocycles. The molecule has 198 valence electrons. The predicted octanol–water partition coefficient (Wildman–Crippen LogP) is 5.72. The van der Waals surface area contributed by atoms with Crippen molar-refractivity contribution in [1.82, 2.24) is 0 Å². The normalized spacial score (nSPS) is 55.3. The van der Waals surface area contributed by atoms with Gasteiger partial charge in [0.2, 0.25) is 0 Å². The molecule has 5 heteroatoms. The van der Waals surface area contributed by atoms with E-state index in [1.165, 1.54) is 12.8 Å². The van der Waals surface area contributed by atoms with Gasteiger partial charge < -0.3 is 15.3 Å². The minimum atomic E-state index is -0.429. The van der Waals surface area contributed by atoms with Gasteiger partial charge in [-0.05, 0) is 121 Å². The number of rotatable bonds is 5. The molecule has 0 aromatic rings. The molecule has 3 N–H and O–H groups in total. The van der Waals surface area contributed by atoms with E-state index in [0.717, 1.165) is 56.9 Å². The average molecular weight is 488 g/mol. The van der Waals surface area contributed by atoms with Crippen LogP contribution in [0.4, 0.5) is 0 Å². The highest BCUT2D eigenvalue weighted by Crippen LogP contribution is 2.77. The molecule has 0 amide bonds. The molecule has 0 aromatic carbocycles. The van der Waals surface area contributed by atoms with Crippen LogP contribution in [-0.4, -0.2) is 41.2 Å². The van der Waals surface area contributed by atoms with Crippen molar-refractivity contribution < 1.29 is 15.3 Å². The summed E-state index contributed by atoms with van der Waals surface area (Å²) in [6, 6.07) is -0.287. The van der Waals surface area contributed by atoms with Gasteiger partial charge in [-0.15, -0.1) is 0 Å². The van der Waals surface area contributed by atoms with Gasteiger partial charge in [-0.3, -0.25) is 0 Å². The molecule has 35 heavy (non-hydrogen) atoms. The molecule has 0 heterocycles. The smallest absolute Gasteiger partial charge is 0.0998 e. The summed E-state index contributed by atoms with van der Waals surface area (Å²) in [6.45, 7) is 14.4. The first kappa shape index (κ1) is 25.9. The zero-order valence-corrected chi connectivity index (χ0v) is 22.6. The van der Waals surface area contributed by atoms with Crippen LogP contribution in [0.15, 0.2) is 17.3 Å². The van der Waals surface area contributed by atoms with Gasteiger partial charge in [-0.2, -0.15) is 4.91 Å². The van der Waals surface area contributed by atoms with Crippen molar-refractivity contribution in [3.63, 3.8) is 0 Å². The Bertz CT molecular complexity index is 876. The molecule has 5 nitrogen and oxygen atoms in total. The van der Waals surface area contributed by atoms with Crippen molar-refractivity contribution in [3.8, 4) is 0 Å². The Hall–Kier alpha value is -0.780. The second-order valence-corrected chi connectivity index (χ2v) is 14.5. The summed E-state index contributed by atoms with van der Waals surface area (Å²) >= 11 is 0. The number of hydrogen-bond donors (Lipinski definition) is 3. The monoisotopic (exact) mass is 487 g/mol. The maximum Gasteiger partial charge on any atom is 0.0998 e. The van der Waals surface area contributed by atoms with Gasteiger partial charge in [-0.1, -0.05) is 39.5 Å². The van der Waals surface area contributed by atoms with Gasteiger partial charge in [0.25, 0.3) is 0 Å². The van der Waals surface area contributed by atoms with E-state index in [2.05, 4.69) is 39.5 Å². The third-order valence-corrected chi connectivity index (χ3v) is 13.9. The molecular weight excluding hydrogens is 438 g/mol. The number of aliphatic hydroxyl groups excluding tert-OH is 3. The lowest BCUT2D eigenvalue weighted by Gasteiger charge is -2.73. The van der Waals surface area contributed by atoms with Crippen LogP contribution in [-0.2, 0) is 0 Å². The Morgan fingerprint density at radius 3 is 2.20 bits per heavy atom. The van der Waals surface area contributed by atoms with Crippen molar-refractivity contribution in [2.24, 2.45) is 61.8 Å². The van der Waals surface area contributed by atoms with E-state index in [9.17, 15) is 20.2 Å². The molecule has 11 atom stereocenters. The third-order valence-electron chi connectivity index (χ3n) is 13.9. The van der Waals surface area contributed by atoms with Gasteiger partial charge in [0.1, 0.15) is 0 Å². The van der Waals surface area contributed by atoms with Gasteiger partial charge in [-0.25, -0.2) is 0 Å². The molecule has 0 bridgehead atoms. The number of fused-ring (bicyclic) bond motifs is 7. The van der Waals surface area contributed by atoms with Gasteiger partial charge in [0, 0.05) is 12.0 Å². The highest BCUT2D eigenvalue weighted by Gasteiger charge is 2.71. The van der Waals surface area contributed by atoms with Crippen LogP contribution >= 0.6 is 0 Å². The highest BCUT2D eigenvalue weighted by atomic mass is 16.3. The van der Waals surface area contributed by atoms with E-state index in [0.29, 0.717) is 29.6 Å². The summed E-state index contributed by atoms with van der Waals surface area (Å²) in [6.07, 6.45) is 10.7. The SMILES string of the molecule is C=C(CO)[C@@H]1CC[C@]2(CO)CC[C@]3(C)[C@H](CC[C@@H]4[C@@]5(C)CCC(N=O)C(C)(CO)[C@@H]5CC[C@]43C)[C@@H]12. The van der Waals surface area contributed by atoms with Crippen LogP contribution in [0.3, 0.4) is 0 Å². The lowest BCUT2D eigenvalue weighted by Crippen LogP contribution is -2.67. The average Bonchev–Trinajstić information content (AvgIpc) is 3.24. The molecule has 5 aliphatic carbocycles. The first-order chi connectivity index (χ1) is 16.5. The van der Waals surface area contributed by atoms with Gasteiger partial charge in [0.05, 0.1) is 19.3 Å². The summed E-state index contributed by atoms with van der Waals surface area (Å²) < 4.78 is 0. The zero-order valence-electron chi connectivity index (χ0n) is 22.6. The highest BCUT2D eigenvalue weighted by molar-refractivity contribution is 5.22. The van der Waals surface area contributed by atoms with Crippen LogP contribution in [0.2, 0.25) is 0 Å². The fraction of sp³-hybridized carbons (Fsp3) is 0.933. The summed E-state index contributed by atoms with van der Waals surface area (Å²) in [5.41, 5.74) is 1.00. The maximum atomic E-state index is 11.8. The third kappa shape index (κ3) is 3.10. The van der Waals surface area contributed by atoms with E-state index in [1.807, 2.05) is 0 Å². The Kier molecular flexibility index (Phi) is 6.18. The van der Waals surface area contributed by atoms with Gasteiger partial charge in [0.15, 0.2) is 0 Å². The Morgan fingerprint density at radius 1 is 0.829 bits per heavy atom. The molecular formula is C30H49NO4. The number of nitrogens with zero attached hydrogens (tertiary/aromatic N) is 1. The predicted molar refractivity (Wildman–Crippen MR) is 138 cm³/mol. The van der Waals surface area contributed by atoms with Crippen LogP contribution in [0.25, 0.3) is 0 Å². The van der Waals surface area contributed by atoms with Crippen molar-refractivity contribution in [1.29, 1.82) is 0 Å². The lowest BCUT2D eigenvalue weighted by atomic mass is 9.32. The van der Waals surface area contributed by atoms with Crippen LogP contribution < -0.4 is 0 Å². The van der Waals surface area contributed by atoms with Gasteiger partial charge >= 0.3 is 0 Å². The fourth-order valence-corrected chi connectivity index (χ4v) is 11.8. The molecule has 0 spiro atoms. The van der Waals surface area contributed by atoms with Crippen molar-refractivity contribution in [2.45, 2.75) is 97.9 Å². The summed E-state index contributed by atoms with van der Waals surface area (Å²) in [5.74, 6) is 2.15. The first-order valence-electron chi connectivity index (χ1n) is 14.3. The lowest BCUT2D eigenvalue weighted by molar-refractivity contribution is -0.244. The molecule has 5 saturated carbocycles. The minimum absolute atomic E-state index is 0.0135. The molecule has 5 aliphatic rings. The van der Waals surface area contributed by atoms with E-state index in [1.54, 1.807) is 0 Å². The van der Waals surface area contributed by atoms with E-state index >= 15 is 0 Å². The first-order valence-corrected chi connectivity index (χ1v) is 14.3. The topological polar surface area (TPSA) is 90.1 Å². The molecule has 0 aliphatic heterocycles. The molecule has 5 rings (SSSR count). The molecule has 0 saturated heterocycles. The maximum absolute atomic E-state index is 11.8. The van der Waals surface area contributed by atoms with Crippen LogP contribution in [0, 0.1) is 61.6 Å². The van der Waals surface area contributed by atoms with E-state index in [4.69, 9.17) is 0 Å². The number of aliphatic hydroxyl groups is 3. The summed E-state index contributed by atoms with van der Waals surface area (Å²) in [4.78, 5) is 11.8. The quantitative estimate of drug-likeness (QED) is 0.342. The Labute approximate surface area is 212 Å². The summed E-state index contributed by atoms with van der Waals surface area (Å²) in [5, 5.41) is 34.7. The second-order valence-electron chi connectivity index (χ2n) is 14.5. The second kappa shape index (κ2) is 8.36. The molecule has 5 fully saturated rings. The van der Waals surface area contributed by atoms with Crippen LogP contribution in [0.1, 0.15) is 91.9 Å². The minimum Gasteiger partial charge on any atom is -0.396 e. The Balaban J connectivity index is 1.54. The standard InChI is InChI=1S/C30H49NO4/c1-19(16-32)20-8-13-30(18-34)15-14-28(4)21(25(20)30)6-7-23-26(2)11-10-24(31-35)27(3,17-33)22(26)9-12-29(23,28)5/h20-25,32-34H,1,6-18H2,2-5H3/t20-,21+,22+,23+,24?,25+,26-,27?,28+,29+,30+/m0/s1. The fourth-order valence-electron chi connectivity index (χ4n) is 11.8. The molecule has 0 radical (unpaired) electrons. The Morgan fingerprint density at radius 2 is 1.57 bits per heavy atom.